The van der Waals surface area contributed by atoms with Gasteiger partial charge in [-0.05, 0) is 34.4 Å². The molecule has 0 unspecified atom stereocenters. The average Bonchev–Trinajstić information content (AvgIpc) is 3.18. The van der Waals surface area contributed by atoms with Crippen molar-refractivity contribution in [2.45, 2.75) is 0 Å². The number of rotatable bonds is 2. The monoisotopic (exact) mass is 389 g/mol. The number of nitrogens with zero attached hydrogens (tertiary/aromatic N) is 1. The highest BCUT2D eigenvalue weighted by Gasteiger charge is 2.20. The van der Waals surface area contributed by atoms with Gasteiger partial charge in [0.1, 0.15) is 11.2 Å². The van der Waals surface area contributed by atoms with E-state index in [1.807, 2.05) is 42.5 Å². The largest absolute Gasteiger partial charge is 0.455 e. The van der Waals surface area contributed by atoms with E-state index in [1.54, 1.807) is 18.2 Å². The Morgan fingerprint density at radius 3 is 2.20 bits per heavy atom. The van der Waals surface area contributed by atoms with Crippen molar-refractivity contribution in [1.29, 1.82) is 0 Å². The molecule has 0 fully saturated rings. The van der Waals surface area contributed by atoms with Gasteiger partial charge in [0.2, 0.25) is 0 Å². The molecule has 142 valence electrons. The quantitative estimate of drug-likeness (QED) is 0.228. The highest BCUT2D eigenvalue weighted by molar-refractivity contribution is 6.25. The van der Waals surface area contributed by atoms with E-state index in [0.717, 1.165) is 49.0 Å². The Hall–Kier alpha value is -4.18. The first-order valence-corrected chi connectivity index (χ1v) is 9.72. The summed E-state index contributed by atoms with van der Waals surface area (Å²) in [5.74, 6) is 0. The lowest BCUT2D eigenvalue weighted by molar-refractivity contribution is -0.384. The molecule has 0 spiro atoms. The van der Waals surface area contributed by atoms with Gasteiger partial charge in [-0.2, -0.15) is 0 Å². The second kappa shape index (κ2) is 6.16. The Kier molecular flexibility index (Phi) is 3.44. The Morgan fingerprint density at radius 2 is 1.37 bits per heavy atom. The summed E-state index contributed by atoms with van der Waals surface area (Å²) in [7, 11) is 0. The van der Waals surface area contributed by atoms with E-state index >= 15 is 0 Å². The van der Waals surface area contributed by atoms with E-state index in [-0.39, 0.29) is 10.6 Å². The van der Waals surface area contributed by atoms with Crippen LogP contribution in [-0.4, -0.2) is 4.92 Å². The zero-order valence-electron chi connectivity index (χ0n) is 15.8. The molecular weight excluding hydrogens is 374 g/mol. The van der Waals surface area contributed by atoms with Gasteiger partial charge in [-0.15, -0.1) is 0 Å². The van der Waals surface area contributed by atoms with E-state index in [1.165, 1.54) is 0 Å². The molecule has 0 radical (unpaired) electrons. The summed E-state index contributed by atoms with van der Waals surface area (Å²) in [4.78, 5) is 11.3. The van der Waals surface area contributed by atoms with Crippen molar-refractivity contribution in [3.8, 4) is 11.1 Å². The average molecular weight is 389 g/mol. The maximum Gasteiger partial charge on any atom is 0.277 e. The summed E-state index contributed by atoms with van der Waals surface area (Å²) < 4.78 is 6.37. The van der Waals surface area contributed by atoms with Crippen molar-refractivity contribution < 1.29 is 9.34 Å². The molecule has 4 nitrogen and oxygen atoms in total. The maximum absolute atomic E-state index is 11.7. The third-order valence-electron chi connectivity index (χ3n) is 5.76. The predicted octanol–water partition coefficient (Wildman–Crippen LogP) is 7.47. The first-order chi connectivity index (χ1) is 14.7. The fraction of sp³-hybridized carbons (Fsp3) is 0. The number of fused-ring (bicyclic) bond motifs is 7. The Morgan fingerprint density at radius 1 is 0.667 bits per heavy atom. The second-order valence-electron chi connectivity index (χ2n) is 7.38. The molecule has 0 bridgehead atoms. The summed E-state index contributed by atoms with van der Waals surface area (Å²) in [5, 5.41) is 17.9. The van der Waals surface area contributed by atoms with Gasteiger partial charge in [-0.25, -0.2) is 0 Å². The Balaban J connectivity index is 1.81. The number of benzene rings is 5. The van der Waals surface area contributed by atoms with E-state index in [9.17, 15) is 10.1 Å². The number of nitro groups is 1. The highest BCUT2D eigenvalue weighted by atomic mass is 16.6. The van der Waals surface area contributed by atoms with Gasteiger partial charge in [0.15, 0.2) is 0 Å². The minimum Gasteiger partial charge on any atom is -0.455 e. The van der Waals surface area contributed by atoms with Crippen LogP contribution in [-0.2, 0) is 0 Å². The molecule has 0 aliphatic heterocycles. The van der Waals surface area contributed by atoms with Crippen LogP contribution in [0.3, 0.4) is 0 Å². The fourth-order valence-corrected chi connectivity index (χ4v) is 4.45. The SMILES string of the molecule is O=[N+]([O-])c1ccccc1-c1cc2oc3c4ccccc4ccc3c2c2ccccc12. The van der Waals surface area contributed by atoms with Crippen LogP contribution in [0.5, 0.6) is 0 Å². The van der Waals surface area contributed by atoms with E-state index in [2.05, 4.69) is 30.3 Å². The van der Waals surface area contributed by atoms with Crippen molar-refractivity contribution in [1.82, 2.24) is 0 Å². The van der Waals surface area contributed by atoms with Crippen LogP contribution in [0.2, 0.25) is 0 Å². The van der Waals surface area contributed by atoms with Gasteiger partial charge in [0.05, 0.1) is 10.5 Å². The Bertz CT molecular complexity index is 1630. The molecule has 1 aromatic heterocycles. The summed E-state index contributed by atoms with van der Waals surface area (Å²) in [6.45, 7) is 0. The maximum atomic E-state index is 11.7. The lowest BCUT2D eigenvalue weighted by Gasteiger charge is -2.09. The lowest BCUT2D eigenvalue weighted by Crippen LogP contribution is -1.92. The number of hydrogen-bond acceptors (Lipinski definition) is 3. The van der Waals surface area contributed by atoms with Crippen molar-refractivity contribution in [2.75, 3.05) is 0 Å². The van der Waals surface area contributed by atoms with Crippen LogP contribution in [0.4, 0.5) is 5.69 Å². The van der Waals surface area contributed by atoms with Gasteiger partial charge in [-0.3, -0.25) is 10.1 Å². The van der Waals surface area contributed by atoms with Crippen LogP contribution in [0.25, 0.3) is 54.6 Å². The second-order valence-corrected chi connectivity index (χ2v) is 7.38. The molecule has 0 amide bonds. The minimum atomic E-state index is -0.333. The van der Waals surface area contributed by atoms with Gasteiger partial charge < -0.3 is 4.42 Å². The number of furan rings is 1. The molecule has 4 heteroatoms. The molecule has 0 saturated heterocycles. The smallest absolute Gasteiger partial charge is 0.277 e. The standard InChI is InChI=1S/C26H15NO3/c28-27(29)23-12-6-5-10-19(23)22-15-24-25(20-11-4-3-9-18(20)22)21-14-13-16-7-1-2-8-17(16)26(21)30-24/h1-15H. The van der Waals surface area contributed by atoms with E-state index < -0.39 is 0 Å². The molecule has 0 aliphatic carbocycles. The molecule has 6 rings (SSSR count). The third-order valence-corrected chi connectivity index (χ3v) is 5.76. The van der Waals surface area contributed by atoms with E-state index in [4.69, 9.17) is 4.42 Å². The number of nitro benzene ring substituents is 1. The van der Waals surface area contributed by atoms with Crippen LogP contribution in [0.1, 0.15) is 0 Å². The Labute approximate surface area is 171 Å². The molecule has 30 heavy (non-hydrogen) atoms. The van der Waals surface area contributed by atoms with Crippen LogP contribution in [0, 0.1) is 10.1 Å². The minimum absolute atomic E-state index is 0.0866. The van der Waals surface area contributed by atoms with Crippen molar-refractivity contribution >= 4 is 49.2 Å². The predicted molar refractivity (Wildman–Crippen MR) is 121 cm³/mol. The molecule has 0 N–H and O–H groups in total. The first-order valence-electron chi connectivity index (χ1n) is 9.72. The van der Waals surface area contributed by atoms with Crippen molar-refractivity contribution in [2.24, 2.45) is 0 Å². The van der Waals surface area contributed by atoms with Gasteiger partial charge in [0.25, 0.3) is 5.69 Å². The highest BCUT2D eigenvalue weighted by Crippen LogP contribution is 2.43. The van der Waals surface area contributed by atoms with E-state index in [0.29, 0.717) is 5.56 Å². The lowest BCUT2D eigenvalue weighted by atomic mass is 9.94. The van der Waals surface area contributed by atoms with Crippen molar-refractivity contribution in [3.05, 3.63) is 101 Å². The first kappa shape index (κ1) is 16.7. The topological polar surface area (TPSA) is 56.3 Å². The zero-order valence-corrected chi connectivity index (χ0v) is 15.8. The number of hydrogen-bond donors (Lipinski definition) is 0. The van der Waals surface area contributed by atoms with Crippen LogP contribution in [0.15, 0.2) is 95.4 Å². The molecule has 5 aromatic carbocycles. The van der Waals surface area contributed by atoms with Crippen LogP contribution < -0.4 is 0 Å². The third kappa shape index (κ3) is 2.28. The number of para-hydroxylation sites is 1. The molecule has 1 heterocycles. The molecule has 0 saturated carbocycles. The normalized spacial score (nSPS) is 11.6. The van der Waals surface area contributed by atoms with Gasteiger partial charge in [-0.1, -0.05) is 66.7 Å². The molecular formula is C26H15NO3. The zero-order chi connectivity index (χ0) is 20.2. The summed E-state index contributed by atoms with van der Waals surface area (Å²) >= 11 is 0. The molecule has 0 atom stereocenters. The van der Waals surface area contributed by atoms with Gasteiger partial charge >= 0.3 is 0 Å². The molecule has 0 aliphatic rings. The fourth-order valence-electron chi connectivity index (χ4n) is 4.45. The van der Waals surface area contributed by atoms with Crippen molar-refractivity contribution in [3.63, 3.8) is 0 Å². The summed E-state index contributed by atoms with van der Waals surface area (Å²) in [6.07, 6.45) is 0. The summed E-state index contributed by atoms with van der Waals surface area (Å²) in [5.41, 5.74) is 3.05. The van der Waals surface area contributed by atoms with Crippen LogP contribution >= 0.6 is 0 Å². The van der Waals surface area contributed by atoms with Gasteiger partial charge in [0, 0.05) is 27.8 Å². The summed E-state index contributed by atoms with van der Waals surface area (Å²) in [6, 6.07) is 29.2. The molecule has 6 aromatic rings.